The summed E-state index contributed by atoms with van der Waals surface area (Å²) in [6.07, 6.45) is -7.83. The maximum atomic E-state index is 12.8. The van der Waals surface area contributed by atoms with E-state index in [1.165, 1.54) is 17.2 Å². The molecule has 6 heterocycles. The first-order chi connectivity index (χ1) is 26.0. The highest BCUT2D eigenvalue weighted by Crippen LogP contribution is 2.68. The molecule has 8 N–H and O–H groups in total. The molecule has 1 aromatic carbocycles. The molecular weight excluding hydrogens is 803 g/mol. The predicted octanol–water partition coefficient (Wildman–Crippen LogP) is -0.804. The van der Waals surface area contributed by atoms with Gasteiger partial charge < -0.3 is 49.6 Å². The molecule has 3 fully saturated rings. The summed E-state index contributed by atoms with van der Waals surface area (Å²) < 4.78 is 81.7. The van der Waals surface area contributed by atoms with E-state index in [4.69, 9.17) is 29.2 Å². The highest BCUT2D eigenvalue weighted by Gasteiger charge is 2.55. The van der Waals surface area contributed by atoms with Crippen molar-refractivity contribution in [1.82, 2.24) is 29.1 Å². The van der Waals surface area contributed by atoms with Crippen LogP contribution in [0.3, 0.4) is 0 Å². The molecule has 28 heteroatoms. The molecule has 4 aromatic rings. The fourth-order valence-electron chi connectivity index (χ4n) is 6.10. The SMILES string of the molecule is Nc1ncnc2c1ncn2[C@@H]1O[C@H](COP(=O)(O)OP(=O)(O)OP(=O)(O)OC[C@H]2O[C@@H](n3ccc(=O)[nH]c3=O)[C@H](O)[C@@H]2O)[C@H]2OC(Cc3ccccc3)O[C@H]21. The van der Waals surface area contributed by atoms with Crippen LogP contribution in [0.25, 0.3) is 11.2 Å². The van der Waals surface area contributed by atoms with Crippen LogP contribution in [0.4, 0.5) is 5.82 Å². The monoisotopic (exact) mass is 835 g/mol. The number of aromatic nitrogens is 6. The number of phosphoric acid groups is 3. The van der Waals surface area contributed by atoms with Crippen LogP contribution in [0.2, 0.25) is 0 Å². The Bertz CT molecular complexity index is 2290. The number of H-pyrrole nitrogens is 1. The minimum absolute atomic E-state index is 0.0908. The second-order valence-electron chi connectivity index (χ2n) is 12.2. The number of nitrogens with one attached hydrogen (secondary N) is 1. The molecule has 0 aliphatic carbocycles. The highest BCUT2D eigenvalue weighted by molar-refractivity contribution is 7.66. The third-order valence-electron chi connectivity index (χ3n) is 8.49. The van der Waals surface area contributed by atoms with E-state index in [1.807, 2.05) is 35.3 Å². The number of aliphatic hydroxyl groups excluding tert-OH is 2. The molecule has 25 nitrogen and oxygen atoms in total. The Morgan fingerprint density at radius 1 is 0.782 bits per heavy atom. The fourth-order valence-corrected chi connectivity index (χ4v) is 9.62. The summed E-state index contributed by atoms with van der Waals surface area (Å²) in [4.78, 5) is 68.2. The van der Waals surface area contributed by atoms with Crippen LogP contribution in [0.1, 0.15) is 18.0 Å². The number of imidazole rings is 1. The molecule has 4 unspecified atom stereocenters. The summed E-state index contributed by atoms with van der Waals surface area (Å²) in [7, 11) is -17.2. The number of hydrogen-bond acceptors (Lipinski definition) is 19. The number of ether oxygens (including phenoxy) is 4. The van der Waals surface area contributed by atoms with E-state index >= 15 is 0 Å². The Hall–Kier alpha value is -3.58. The van der Waals surface area contributed by atoms with E-state index in [1.54, 1.807) is 0 Å². The second-order valence-corrected chi connectivity index (χ2v) is 16.8. The number of benzene rings is 1. The zero-order chi connectivity index (χ0) is 39.3. The fraction of sp³-hybridized carbons (Fsp3) is 0.444. The molecule has 7 rings (SSSR count). The van der Waals surface area contributed by atoms with Gasteiger partial charge in [0.1, 0.15) is 48.5 Å². The lowest BCUT2D eigenvalue weighted by atomic mass is 10.1. The largest absolute Gasteiger partial charge is 0.490 e. The van der Waals surface area contributed by atoms with Crippen molar-refractivity contribution in [2.45, 2.75) is 61.8 Å². The average molecular weight is 836 g/mol. The van der Waals surface area contributed by atoms with Crippen LogP contribution in [0.5, 0.6) is 0 Å². The van der Waals surface area contributed by atoms with Crippen LogP contribution < -0.4 is 17.0 Å². The Kier molecular flexibility index (Phi) is 11.1. The summed E-state index contributed by atoms with van der Waals surface area (Å²) in [5.74, 6) is 0.0908. The van der Waals surface area contributed by atoms with E-state index < -0.39 is 103 Å². The number of anilines is 1. The zero-order valence-corrected chi connectivity index (χ0v) is 30.4. The molecule has 0 spiro atoms. The summed E-state index contributed by atoms with van der Waals surface area (Å²) in [6.45, 7) is -1.91. The van der Waals surface area contributed by atoms with Gasteiger partial charge in [0.25, 0.3) is 5.56 Å². The Labute approximate surface area is 307 Å². The number of nitrogens with two attached hydrogens (primary N) is 1. The quantitative estimate of drug-likeness (QED) is 0.0764. The standard InChI is InChI=1S/C27H32N7O18P3/c28-23-18-24(30-11-29-23)34(12-31-18)26-22-21(49-17(50-22)8-13-4-2-1-3-5-13)15(48-26)10-46-54(41,42)52-55(43,44)51-53(39,40)45-9-14-19(36)20(37)25(47-14)33-7-6-16(35)32-27(33)38/h1-7,11-12,14-15,17,19-22,25-26,36-37H,8-10H2,(H,39,40)(H,41,42)(H,43,44)(H2,28,29,30)(H,32,35,38)/t14-,15-,17?,19-,20-,21-,22-,25-,26-/m1/s1. The van der Waals surface area contributed by atoms with Crippen molar-refractivity contribution < 1.29 is 75.2 Å². The molecule has 0 saturated carbocycles. The Morgan fingerprint density at radius 2 is 1.44 bits per heavy atom. The summed E-state index contributed by atoms with van der Waals surface area (Å²) in [6, 6.07) is 10.1. The van der Waals surface area contributed by atoms with Gasteiger partial charge in [-0.05, 0) is 5.56 Å². The van der Waals surface area contributed by atoms with E-state index in [-0.39, 0.29) is 17.0 Å². The molecule has 0 amide bonds. The van der Waals surface area contributed by atoms with Crippen LogP contribution in [0.15, 0.2) is 64.8 Å². The van der Waals surface area contributed by atoms with Crippen LogP contribution in [-0.4, -0.2) is 110 Å². The second kappa shape index (κ2) is 15.4. The number of aliphatic hydroxyl groups is 2. The Morgan fingerprint density at radius 3 is 2.13 bits per heavy atom. The van der Waals surface area contributed by atoms with E-state index in [0.29, 0.717) is 6.42 Å². The minimum Gasteiger partial charge on any atom is -0.387 e. The van der Waals surface area contributed by atoms with Gasteiger partial charge in [0.2, 0.25) is 0 Å². The van der Waals surface area contributed by atoms with Crippen molar-refractivity contribution in [2.24, 2.45) is 0 Å². The average Bonchev–Trinajstić information content (AvgIpc) is 3.86. The number of fused-ring (bicyclic) bond motifs is 2. The summed E-state index contributed by atoms with van der Waals surface area (Å²) >= 11 is 0. The lowest BCUT2D eigenvalue weighted by molar-refractivity contribution is -0.149. The molecule has 12 atom stereocenters. The molecule has 3 aliphatic heterocycles. The molecule has 3 saturated heterocycles. The normalized spacial score (nSPS) is 31.2. The topological polar surface area (TPSA) is 351 Å². The van der Waals surface area contributed by atoms with E-state index in [2.05, 4.69) is 28.1 Å². The third-order valence-corrected chi connectivity index (χ3v) is 12.7. The van der Waals surface area contributed by atoms with Crippen molar-refractivity contribution >= 4 is 40.4 Å². The Balaban J connectivity index is 0.980. The number of nitrogens with zero attached hydrogens (tertiary/aromatic N) is 5. The van der Waals surface area contributed by atoms with E-state index in [9.17, 15) is 48.2 Å². The minimum atomic E-state index is -5.95. The van der Waals surface area contributed by atoms with Gasteiger partial charge >= 0.3 is 29.2 Å². The first-order valence-electron chi connectivity index (χ1n) is 16.0. The molecule has 0 radical (unpaired) electrons. The van der Waals surface area contributed by atoms with Gasteiger partial charge in [0.05, 0.1) is 19.5 Å². The van der Waals surface area contributed by atoms with Crippen molar-refractivity contribution in [3.63, 3.8) is 0 Å². The van der Waals surface area contributed by atoms with Gasteiger partial charge in [0, 0.05) is 18.7 Å². The lowest BCUT2D eigenvalue weighted by Gasteiger charge is -2.22. The maximum Gasteiger partial charge on any atom is 0.490 e. The van der Waals surface area contributed by atoms with Crippen LogP contribution in [-0.2, 0) is 56.7 Å². The van der Waals surface area contributed by atoms with Crippen molar-refractivity contribution in [1.29, 1.82) is 0 Å². The van der Waals surface area contributed by atoms with Gasteiger partial charge in [-0.1, -0.05) is 30.3 Å². The molecule has 3 aliphatic rings. The molecule has 55 heavy (non-hydrogen) atoms. The molecular formula is C27H32N7O18P3. The zero-order valence-electron chi connectivity index (χ0n) is 27.7. The first kappa shape index (κ1) is 39.6. The van der Waals surface area contributed by atoms with Gasteiger partial charge in [-0.15, -0.1) is 0 Å². The first-order valence-corrected chi connectivity index (χ1v) is 20.4. The van der Waals surface area contributed by atoms with Crippen molar-refractivity contribution in [3.8, 4) is 0 Å². The number of phosphoric ester groups is 2. The number of nitrogen functional groups attached to an aromatic ring is 1. The van der Waals surface area contributed by atoms with Gasteiger partial charge in [-0.2, -0.15) is 8.62 Å². The summed E-state index contributed by atoms with van der Waals surface area (Å²) in [5.41, 5.74) is 5.56. The van der Waals surface area contributed by atoms with Crippen molar-refractivity contribution in [2.75, 3.05) is 18.9 Å². The van der Waals surface area contributed by atoms with Gasteiger partial charge in [0.15, 0.2) is 30.2 Å². The molecule has 0 bridgehead atoms. The highest BCUT2D eigenvalue weighted by atomic mass is 31.3. The van der Waals surface area contributed by atoms with Gasteiger partial charge in [-0.25, -0.2) is 33.4 Å². The molecule has 3 aromatic heterocycles. The predicted molar refractivity (Wildman–Crippen MR) is 178 cm³/mol. The molecule has 298 valence electrons. The maximum absolute atomic E-state index is 12.8. The van der Waals surface area contributed by atoms with Crippen LogP contribution in [0, 0.1) is 0 Å². The number of aromatic amines is 1. The number of rotatable bonds is 14. The third kappa shape index (κ3) is 8.72. The number of hydrogen-bond donors (Lipinski definition) is 7. The smallest absolute Gasteiger partial charge is 0.387 e. The van der Waals surface area contributed by atoms with Gasteiger partial charge in [-0.3, -0.25) is 28.0 Å². The van der Waals surface area contributed by atoms with Crippen LogP contribution >= 0.6 is 23.5 Å². The summed E-state index contributed by atoms with van der Waals surface area (Å²) in [5, 5.41) is 20.6. The van der Waals surface area contributed by atoms with E-state index in [0.717, 1.165) is 22.4 Å². The lowest BCUT2D eigenvalue weighted by Crippen LogP contribution is -2.37. The van der Waals surface area contributed by atoms with Crippen molar-refractivity contribution in [3.05, 3.63) is 81.7 Å².